The fraction of sp³-hybridized carbons (Fsp3) is 0.391. The molecule has 156 valence electrons. The number of amides is 2. The van der Waals surface area contributed by atoms with Gasteiger partial charge in [0.2, 0.25) is 11.8 Å². The minimum absolute atomic E-state index is 0.0141. The second-order valence-electron chi connectivity index (χ2n) is 7.69. The van der Waals surface area contributed by atoms with Gasteiger partial charge >= 0.3 is 0 Å². The van der Waals surface area contributed by atoms with Gasteiger partial charge in [0.1, 0.15) is 25.5 Å². The number of ether oxygens (including phenoxy) is 3. The van der Waals surface area contributed by atoms with Gasteiger partial charge in [0.15, 0.2) is 11.5 Å². The molecule has 1 saturated heterocycles. The van der Waals surface area contributed by atoms with Crippen LogP contribution in [0, 0.1) is 0 Å². The molecule has 30 heavy (non-hydrogen) atoms. The monoisotopic (exact) mass is 408 g/mol. The molecule has 7 heteroatoms. The molecule has 1 atom stereocenters. The highest BCUT2D eigenvalue weighted by molar-refractivity contribution is 6.00. The van der Waals surface area contributed by atoms with Crippen LogP contribution in [0.1, 0.15) is 30.9 Å². The third-order valence-electron chi connectivity index (χ3n) is 5.85. The van der Waals surface area contributed by atoms with Crippen molar-refractivity contribution in [3.63, 3.8) is 0 Å². The minimum Gasteiger partial charge on any atom is -0.491 e. The van der Waals surface area contributed by atoms with Gasteiger partial charge in [-0.3, -0.25) is 14.5 Å². The van der Waals surface area contributed by atoms with Crippen LogP contribution in [0.25, 0.3) is 0 Å². The van der Waals surface area contributed by atoms with Crippen LogP contribution >= 0.6 is 0 Å². The van der Waals surface area contributed by atoms with Crippen molar-refractivity contribution in [1.82, 2.24) is 4.90 Å². The van der Waals surface area contributed by atoms with Gasteiger partial charge in [-0.1, -0.05) is 18.2 Å². The summed E-state index contributed by atoms with van der Waals surface area (Å²) in [6, 6.07) is 13.2. The van der Waals surface area contributed by atoms with Crippen molar-refractivity contribution in [2.24, 2.45) is 0 Å². The quantitative estimate of drug-likeness (QED) is 0.781. The molecule has 0 spiro atoms. The van der Waals surface area contributed by atoms with Crippen LogP contribution in [0.15, 0.2) is 42.5 Å². The first kappa shape index (κ1) is 18.8. The van der Waals surface area contributed by atoms with Crippen molar-refractivity contribution < 1.29 is 23.8 Å². The second kappa shape index (κ2) is 7.89. The first-order valence-electron chi connectivity index (χ1n) is 10.4. The first-order valence-corrected chi connectivity index (χ1v) is 10.4. The van der Waals surface area contributed by atoms with Crippen LogP contribution in [0.4, 0.5) is 5.69 Å². The molecule has 0 radical (unpaired) electrons. The van der Waals surface area contributed by atoms with Crippen molar-refractivity contribution in [2.45, 2.75) is 25.3 Å². The number of rotatable bonds is 3. The lowest BCUT2D eigenvalue weighted by atomic mass is 10.0. The van der Waals surface area contributed by atoms with Crippen molar-refractivity contribution in [1.29, 1.82) is 0 Å². The average molecular weight is 408 g/mol. The first-order chi connectivity index (χ1) is 14.7. The molecule has 2 aromatic carbocycles. The largest absolute Gasteiger partial charge is 0.491 e. The van der Waals surface area contributed by atoms with Crippen LogP contribution in [-0.4, -0.2) is 49.6 Å². The molecule has 3 heterocycles. The lowest BCUT2D eigenvalue weighted by Gasteiger charge is -2.29. The van der Waals surface area contributed by atoms with Gasteiger partial charge in [-0.15, -0.1) is 0 Å². The third-order valence-corrected chi connectivity index (χ3v) is 5.85. The number of nitrogens with zero attached hydrogens (tertiary/aromatic N) is 2. The molecule has 2 amide bonds. The summed E-state index contributed by atoms with van der Waals surface area (Å²) >= 11 is 0. The van der Waals surface area contributed by atoms with Crippen molar-refractivity contribution in [3.8, 4) is 17.2 Å². The van der Waals surface area contributed by atoms with Gasteiger partial charge in [0.25, 0.3) is 0 Å². The van der Waals surface area contributed by atoms with Crippen molar-refractivity contribution in [3.05, 3.63) is 48.0 Å². The molecule has 2 aromatic rings. The van der Waals surface area contributed by atoms with Gasteiger partial charge in [-0.25, -0.2) is 0 Å². The summed E-state index contributed by atoms with van der Waals surface area (Å²) < 4.78 is 17.0. The number of anilines is 1. The second-order valence-corrected chi connectivity index (χ2v) is 7.69. The number of para-hydroxylation sites is 2. The molecular weight excluding hydrogens is 384 g/mol. The van der Waals surface area contributed by atoms with E-state index in [1.165, 1.54) is 0 Å². The lowest BCUT2D eigenvalue weighted by Crippen LogP contribution is -2.42. The Bertz CT molecular complexity index is 976. The van der Waals surface area contributed by atoms with E-state index in [2.05, 4.69) is 0 Å². The number of hydrogen-bond acceptors (Lipinski definition) is 5. The molecular formula is C23H24N2O5. The smallest absolute Gasteiger partial charge is 0.243 e. The van der Waals surface area contributed by atoms with Crippen LogP contribution in [0.3, 0.4) is 0 Å². The Kier molecular flexibility index (Phi) is 4.94. The molecule has 1 fully saturated rings. The summed E-state index contributed by atoms with van der Waals surface area (Å²) in [5.41, 5.74) is 1.69. The lowest BCUT2D eigenvalue weighted by molar-refractivity contribution is -0.132. The Labute approximate surface area is 175 Å². The SMILES string of the molecule is O=C1CCOc2ccccc2N1CC(=O)N1CCC[C@H]1c1ccc2c(c1)OCCO2. The highest BCUT2D eigenvalue weighted by atomic mass is 16.6. The summed E-state index contributed by atoms with van der Waals surface area (Å²) in [4.78, 5) is 29.4. The molecule has 0 bridgehead atoms. The van der Waals surface area contributed by atoms with E-state index >= 15 is 0 Å². The molecule has 0 unspecified atom stereocenters. The van der Waals surface area contributed by atoms with Crippen LogP contribution in [0.2, 0.25) is 0 Å². The number of benzene rings is 2. The maximum Gasteiger partial charge on any atom is 0.243 e. The van der Waals surface area contributed by atoms with Crippen molar-refractivity contribution in [2.75, 3.05) is 37.8 Å². The number of carbonyl (C=O) groups is 2. The van der Waals surface area contributed by atoms with Gasteiger partial charge in [-0.05, 0) is 42.7 Å². The normalized spacial score (nSPS) is 20.4. The molecule has 0 saturated carbocycles. The van der Waals surface area contributed by atoms with E-state index in [1.54, 1.807) is 4.90 Å². The molecule has 0 aliphatic carbocycles. The van der Waals surface area contributed by atoms with Crippen molar-refractivity contribution >= 4 is 17.5 Å². The number of carbonyl (C=O) groups excluding carboxylic acids is 2. The summed E-state index contributed by atoms with van der Waals surface area (Å²) in [6.45, 7) is 2.10. The Balaban J connectivity index is 1.37. The molecule has 7 nitrogen and oxygen atoms in total. The zero-order valence-electron chi connectivity index (χ0n) is 16.7. The molecule has 0 aromatic heterocycles. The van der Waals surface area contributed by atoms with E-state index in [1.807, 2.05) is 47.4 Å². The Morgan fingerprint density at radius 3 is 2.67 bits per heavy atom. The van der Waals surface area contributed by atoms with Gasteiger partial charge in [0, 0.05) is 6.54 Å². The summed E-state index contributed by atoms with van der Waals surface area (Å²) in [5.74, 6) is 1.96. The Morgan fingerprint density at radius 1 is 0.967 bits per heavy atom. The van der Waals surface area contributed by atoms with E-state index < -0.39 is 0 Å². The Morgan fingerprint density at radius 2 is 1.77 bits per heavy atom. The van der Waals surface area contributed by atoms with E-state index in [9.17, 15) is 9.59 Å². The number of fused-ring (bicyclic) bond motifs is 2. The van der Waals surface area contributed by atoms with Gasteiger partial charge < -0.3 is 19.1 Å². The molecule has 3 aliphatic heterocycles. The third kappa shape index (κ3) is 3.44. The van der Waals surface area contributed by atoms with Crippen LogP contribution in [-0.2, 0) is 9.59 Å². The Hall–Kier alpha value is -3.22. The highest BCUT2D eigenvalue weighted by Crippen LogP contribution is 2.38. The van der Waals surface area contributed by atoms with E-state index in [4.69, 9.17) is 14.2 Å². The molecule has 3 aliphatic rings. The van der Waals surface area contributed by atoms with Crippen LogP contribution in [0.5, 0.6) is 17.2 Å². The van der Waals surface area contributed by atoms with E-state index in [0.717, 1.165) is 29.9 Å². The fourth-order valence-electron chi connectivity index (χ4n) is 4.40. The number of hydrogen-bond donors (Lipinski definition) is 0. The van der Waals surface area contributed by atoms with Gasteiger partial charge in [0.05, 0.1) is 24.8 Å². The zero-order valence-corrected chi connectivity index (χ0v) is 16.7. The standard InChI is InChI=1S/C23H24N2O5/c26-22-9-11-28-19-6-2-1-4-18(19)25(22)15-23(27)24-10-3-5-17(24)16-7-8-20-21(14-16)30-13-12-29-20/h1-2,4,6-8,14,17H,3,5,9-13,15H2/t17-/m0/s1. The molecule has 5 rings (SSSR count). The maximum absolute atomic E-state index is 13.3. The number of likely N-dealkylation sites (tertiary alicyclic amines) is 1. The molecule has 0 N–H and O–H groups in total. The minimum atomic E-state index is -0.0941. The summed E-state index contributed by atoms with van der Waals surface area (Å²) in [6.07, 6.45) is 2.07. The summed E-state index contributed by atoms with van der Waals surface area (Å²) in [5, 5.41) is 0. The predicted octanol–water partition coefficient (Wildman–Crippen LogP) is 2.94. The predicted molar refractivity (Wildman–Crippen MR) is 110 cm³/mol. The zero-order chi connectivity index (χ0) is 20.5. The topological polar surface area (TPSA) is 68.3 Å². The average Bonchev–Trinajstić information content (AvgIpc) is 3.22. The highest BCUT2D eigenvalue weighted by Gasteiger charge is 2.33. The van der Waals surface area contributed by atoms with E-state index in [-0.39, 0.29) is 30.8 Å². The maximum atomic E-state index is 13.3. The summed E-state index contributed by atoms with van der Waals surface area (Å²) in [7, 11) is 0. The van der Waals surface area contributed by atoms with Gasteiger partial charge in [-0.2, -0.15) is 0 Å². The fourth-order valence-corrected chi connectivity index (χ4v) is 4.40. The van der Waals surface area contributed by atoms with Crippen LogP contribution < -0.4 is 19.1 Å². The van der Waals surface area contributed by atoms with E-state index in [0.29, 0.717) is 37.8 Å².